The van der Waals surface area contributed by atoms with E-state index in [9.17, 15) is 13.2 Å². The number of benzene rings is 3. The number of hydrogen-bond acceptors (Lipinski definition) is 6. The Bertz CT molecular complexity index is 1620. The van der Waals surface area contributed by atoms with Gasteiger partial charge in [0.1, 0.15) is 10.7 Å². The van der Waals surface area contributed by atoms with Gasteiger partial charge in [0.05, 0.1) is 18.1 Å². The van der Waals surface area contributed by atoms with Gasteiger partial charge in [-0.1, -0.05) is 30.2 Å². The fraction of sp³-hybridized carbons (Fsp3) is 0.241. The van der Waals surface area contributed by atoms with Crippen molar-refractivity contribution in [2.75, 3.05) is 12.4 Å². The number of anilines is 1. The summed E-state index contributed by atoms with van der Waals surface area (Å²) >= 11 is 0. The number of amides is 1. The van der Waals surface area contributed by atoms with Crippen LogP contribution in [0.3, 0.4) is 0 Å². The van der Waals surface area contributed by atoms with Crippen LogP contribution in [0.15, 0.2) is 71.6 Å². The predicted octanol–water partition coefficient (Wildman–Crippen LogP) is 5.50. The van der Waals surface area contributed by atoms with Gasteiger partial charge in [0.25, 0.3) is 0 Å². The van der Waals surface area contributed by atoms with Crippen LogP contribution in [0.5, 0.6) is 11.5 Å². The van der Waals surface area contributed by atoms with E-state index in [4.69, 9.17) is 13.9 Å². The zero-order valence-electron chi connectivity index (χ0n) is 21.3. The van der Waals surface area contributed by atoms with Gasteiger partial charge in [-0.2, -0.15) is 8.42 Å². The monoisotopic (exact) mass is 531 g/mol. The summed E-state index contributed by atoms with van der Waals surface area (Å²) in [5.41, 5.74) is 4.23. The second-order valence-corrected chi connectivity index (χ2v) is 10.8. The van der Waals surface area contributed by atoms with E-state index in [1.54, 1.807) is 30.3 Å². The molecule has 2 heterocycles. The first-order valence-electron chi connectivity index (χ1n) is 12.5. The molecule has 0 bridgehead atoms. The molecule has 8 nitrogen and oxygen atoms in total. The van der Waals surface area contributed by atoms with Gasteiger partial charge in [-0.15, -0.1) is 0 Å². The lowest BCUT2D eigenvalue weighted by atomic mass is 10.2. The molecule has 1 N–H and O–H groups in total. The molecule has 0 atom stereocenters. The van der Waals surface area contributed by atoms with E-state index in [1.807, 2.05) is 25.1 Å². The van der Waals surface area contributed by atoms with Gasteiger partial charge in [0.15, 0.2) is 11.5 Å². The first-order chi connectivity index (χ1) is 18.3. The first kappa shape index (κ1) is 25.5. The number of carbonyl (C=O) groups excluding carboxylic acids is 1. The lowest BCUT2D eigenvalue weighted by molar-refractivity contribution is -0.111. The van der Waals surface area contributed by atoms with Crippen molar-refractivity contribution in [2.24, 2.45) is 0 Å². The Morgan fingerprint density at radius 1 is 1.00 bits per heavy atom. The van der Waals surface area contributed by atoms with Crippen molar-refractivity contribution in [2.45, 2.75) is 44.0 Å². The Balaban J connectivity index is 1.27. The SMILES string of the molecule is COc1cc(/C=C/C(=O)Nc2ccc3c(c2)nc2n3CCCCC2)ccc1OS(=O)(=O)c1ccc(C)cc1. The fourth-order valence-electron chi connectivity index (χ4n) is 4.51. The molecule has 0 saturated carbocycles. The summed E-state index contributed by atoms with van der Waals surface area (Å²) in [6, 6.07) is 16.9. The van der Waals surface area contributed by atoms with Gasteiger partial charge >= 0.3 is 10.1 Å². The zero-order valence-corrected chi connectivity index (χ0v) is 22.1. The van der Waals surface area contributed by atoms with Gasteiger partial charge in [-0.05, 0) is 73.9 Å². The predicted molar refractivity (Wildman–Crippen MR) is 147 cm³/mol. The molecule has 1 aliphatic heterocycles. The highest BCUT2D eigenvalue weighted by atomic mass is 32.2. The minimum Gasteiger partial charge on any atom is -0.493 e. The molecule has 1 aliphatic rings. The molecule has 0 spiro atoms. The molecule has 196 valence electrons. The van der Waals surface area contributed by atoms with Crippen LogP contribution in [0.4, 0.5) is 5.69 Å². The average Bonchev–Trinajstić information content (AvgIpc) is 3.07. The highest BCUT2D eigenvalue weighted by molar-refractivity contribution is 7.87. The van der Waals surface area contributed by atoms with Gasteiger partial charge < -0.3 is 18.8 Å². The van der Waals surface area contributed by atoms with E-state index in [1.165, 1.54) is 37.8 Å². The second kappa shape index (κ2) is 10.7. The number of ether oxygens (including phenoxy) is 1. The number of aromatic nitrogens is 2. The van der Waals surface area contributed by atoms with Crippen molar-refractivity contribution in [3.63, 3.8) is 0 Å². The van der Waals surface area contributed by atoms with E-state index in [0.29, 0.717) is 11.3 Å². The summed E-state index contributed by atoms with van der Waals surface area (Å²) in [4.78, 5) is 17.4. The number of fused-ring (bicyclic) bond motifs is 3. The van der Waals surface area contributed by atoms with E-state index in [2.05, 4.69) is 9.88 Å². The van der Waals surface area contributed by atoms with Crippen LogP contribution in [0.25, 0.3) is 17.1 Å². The summed E-state index contributed by atoms with van der Waals surface area (Å²) in [6.45, 7) is 2.85. The lowest BCUT2D eigenvalue weighted by Gasteiger charge is -2.11. The van der Waals surface area contributed by atoms with Gasteiger partial charge in [0, 0.05) is 24.7 Å². The number of nitrogens with zero attached hydrogens (tertiary/aromatic N) is 2. The molecule has 1 amide bonds. The van der Waals surface area contributed by atoms with Crippen molar-refractivity contribution >= 4 is 38.8 Å². The topological polar surface area (TPSA) is 99.5 Å². The average molecular weight is 532 g/mol. The zero-order chi connectivity index (χ0) is 26.7. The molecule has 1 aromatic heterocycles. The number of rotatable bonds is 7. The molecular weight excluding hydrogens is 502 g/mol. The van der Waals surface area contributed by atoms with Crippen molar-refractivity contribution in [3.05, 3.63) is 83.7 Å². The van der Waals surface area contributed by atoms with Crippen LogP contribution in [0.1, 0.15) is 36.2 Å². The summed E-state index contributed by atoms with van der Waals surface area (Å²) in [5.74, 6) is 1.09. The molecule has 0 radical (unpaired) electrons. The normalized spacial score (nSPS) is 13.7. The first-order valence-corrected chi connectivity index (χ1v) is 13.9. The minimum absolute atomic E-state index is 0.0511. The lowest BCUT2D eigenvalue weighted by Crippen LogP contribution is -2.10. The fourth-order valence-corrected chi connectivity index (χ4v) is 5.45. The quantitative estimate of drug-likeness (QED) is 0.250. The number of imidazole rings is 1. The Labute approximate surface area is 222 Å². The molecule has 0 saturated heterocycles. The van der Waals surface area contributed by atoms with Crippen LogP contribution in [0.2, 0.25) is 0 Å². The Kier molecular flexibility index (Phi) is 7.20. The standard InChI is InChI=1S/C29H29N3O5S/c1-20-7-12-23(13-8-20)38(34,35)37-26-15-9-21(18-27(26)36-2)10-16-29(33)30-22-11-14-25-24(19-22)31-28-6-4-3-5-17-32(25)28/h7-16,18-19H,3-6,17H2,1-2H3,(H,30,33)/b16-10+. The number of hydrogen-bond donors (Lipinski definition) is 1. The molecule has 38 heavy (non-hydrogen) atoms. The summed E-state index contributed by atoms with van der Waals surface area (Å²) < 4.78 is 38.3. The molecule has 5 rings (SSSR count). The largest absolute Gasteiger partial charge is 0.493 e. The van der Waals surface area contributed by atoms with E-state index in [-0.39, 0.29) is 22.3 Å². The molecule has 0 unspecified atom stereocenters. The molecule has 4 aromatic rings. The van der Waals surface area contributed by atoms with Gasteiger partial charge in [-0.3, -0.25) is 4.79 Å². The summed E-state index contributed by atoms with van der Waals surface area (Å²) in [6.07, 6.45) is 7.53. The number of methoxy groups -OCH3 is 1. The molecule has 9 heteroatoms. The third-order valence-electron chi connectivity index (χ3n) is 6.50. The van der Waals surface area contributed by atoms with Crippen molar-refractivity contribution in [1.29, 1.82) is 0 Å². The summed E-state index contributed by atoms with van der Waals surface area (Å²) in [7, 11) is -2.60. The van der Waals surface area contributed by atoms with Crippen LogP contribution in [0, 0.1) is 6.92 Å². The van der Waals surface area contributed by atoms with Gasteiger partial charge in [-0.25, -0.2) is 4.98 Å². The van der Waals surface area contributed by atoms with Crippen LogP contribution < -0.4 is 14.2 Å². The Morgan fingerprint density at radius 2 is 1.82 bits per heavy atom. The highest BCUT2D eigenvalue weighted by Crippen LogP contribution is 2.31. The van der Waals surface area contributed by atoms with Crippen LogP contribution in [-0.4, -0.2) is 31.0 Å². The maximum atomic E-state index is 12.7. The number of carbonyl (C=O) groups is 1. The van der Waals surface area contributed by atoms with Gasteiger partial charge in [0.2, 0.25) is 5.91 Å². The highest BCUT2D eigenvalue weighted by Gasteiger charge is 2.19. The van der Waals surface area contributed by atoms with Crippen molar-refractivity contribution in [1.82, 2.24) is 9.55 Å². The van der Waals surface area contributed by atoms with E-state index in [0.717, 1.165) is 48.2 Å². The van der Waals surface area contributed by atoms with E-state index < -0.39 is 10.1 Å². The maximum Gasteiger partial charge on any atom is 0.339 e. The third kappa shape index (κ3) is 5.57. The van der Waals surface area contributed by atoms with Crippen molar-refractivity contribution in [3.8, 4) is 11.5 Å². The smallest absolute Gasteiger partial charge is 0.339 e. The number of nitrogens with one attached hydrogen (secondary N) is 1. The number of aryl methyl sites for hydroxylation is 3. The Morgan fingerprint density at radius 3 is 2.61 bits per heavy atom. The maximum absolute atomic E-state index is 12.7. The minimum atomic E-state index is -4.02. The van der Waals surface area contributed by atoms with Crippen LogP contribution in [-0.2, 0) is 27.9 Å². The summed E-state index contributed by atoms with van der Waals surface area (Å²) in [5, 5.41) is 2.88. The molecule has 0 fully saturated rings. The Hall–Kier alpha value is -4.11. The second-order valence-electron chi connectivity index (χ2n) is 9.28. The molecule has 3 aromatic carbocycles. The third-order valence-corrected chi connectivity index (χ3v) is 7.75. The molecule has 0 aliphatic carbocycles. The van der Waals surface area contributed by atoms with Crippen LogP contribution >= 0.6 is 0 Å². The van der Waals surface area contributed by atoms with Crippen molar-refractivity contribution < 1.29 is 22.1 Å². The molecular formula is C29H29N3O5S. The van der Waals surface area contributed by atoms with E-state index >= 15 is 0 Å².